The molecule has 0 aliphatic rings. The van der Waals surface area contributed by atoms with Gasteiger partial charge in [-0.1, -0.05) is 48.5 Å². The lowest BCUT2D eigenvalue weighted by atomic mass is 10.1. The molecule has 0 aliphatic heterocycles. The zero-order valence-electron chi connectivity index (χ0n) is 17.9. The largest absolute Gasteiger partial charge is 0.377 e. The lowest BCUT2D eigenvalue weighted by Gasteiger charge is -2.12. The van der Waals surface area contributed by atoms with Crippen LogP contribution >= 0.6 is 11.8 Å². The summed E-state index contributed by atoms with van der Waals surface area (Å²) in [5.41, 5.74) is 4.00. The first-order valence-electron chi connectivity index (χ1n) is 10.0. The zero-order chi connectivity index (χ0) is 21.5. The summed E-state index contributed by atoms with van der Waals surface area (Å²) in [5.74, 6) is 1.46. The maximum Gasteiger partial charge on any atom is 0.251 e. The van der Waals surface area contributed by atoms with Gasteiger partial charge < -0.3 is 10.1 Å². The molecule has 1 heterocycles. The molecule has 2 aromatic carbocycles. The highest BCUT2D eigenvalue weighted by atomic mass is 32.2. The first-order chi connectivity index (χ1) is 14.5. The second-order valence-corrected chi connectivity index (χ2v) is 8.21. The molecule has 0 saturated carbocycles. The van der Waals surface area contributed by atoms with Gasteiger partial charge in [0.15, 0.2) is 11.0 Å². The lowest BCUT2D eigenvalue weighted by Crippen LogP contribution is -2.31. The van der Waals surface area contributed by atoms with Crippen molar-refractivity contribution in [1.82, 2.24) is 20.1 Å². The van der Waals surface area contributed by atoms with Gasteiger partial charge in [-0.3, -0.25) is 9.36 Å². The second kappa shape index (κ2) is 10.4. The number of aryl methyl sites for hydroxylation is 1. The van der Waals surface area contributed by atoms with Crippen LogP contribution in [0.1, 0.15) is 47.6 Å². The third kappa shape index (κ3) is 5.49. The van der Waals surface area contributed by atoms with Crippen molar-refractivity contribution in [1.29, 1.82) is 0 Å². The fourth-order valence-corrected chi connectivity index (χ4v) is 3.81. The Morgan fingerprint density at radius 2 is 1.83 bits per heavy atom. The van der Waals surface area contributed by atoms with E-state index >= 15 is 0 Å². The smallest absolute Gasteiger partial charge is 0.251 e. The SMILES string of the molecule is CCC(C)NC(=O)c1ccc(CSc2nnc(COC)n2-c2ccc(C)cc2)cc1. The van der Waals surface area contributed by atoms with Crippen molar-refractivity contribution >= 4 is 17.7 Å². The number of hydrogen-bond donors (Lipinski definition) is 1. The standard InChI is InChI=1S/C23H28N4O2S/c1-5-17(3)24-22(28)19-10-8-18(9-11-19)15-30-23-26-25-21(14-29-4)27(23)20-12-6-16(2)7-13-20/h6-13,17H,5,14-15H2,1-4H3,(H,24,28). The highest BCUT2D eigenvalue weighted by molar-refractivity contribution is 7.98. The van der Waals surface area contributed by atoms with Gasteiger partial charge in [0, 0.05) is 30.2 Å². The molecule has 30 heavy (non-hydrogen) atoms. The first-order valence-corrected chi connectivity index (χ1v) is 11.0. The molecular formula is C23H28N4O2S. The molecule has 0 aliphatic carbocycles. The molecule has 6 nitrogen and oxygen atoms in total. The number of methoxy groups -OCH3 is 1. The third-order valence-corrected chi connectivity index (χ3v) is 5.84. The molecule has 3 rings (SSSR count). The monoisotopic (exact) mass is 424 g/mol. The third-order valence-electron chi connectivity index (χ3n) is 4.84. The van der Waals surface area contributed by atoms with Crippen molar-refractivity contribution in [3.05, 3.63) is 71.0 Å². The number of ether oxygens (including phenoxy) is 1. The van der Waals surface area contributed by atoms with Gasteiger partial charge in [0.25, 0.3) is 5.91 Å². The Bertz CT molecular complexity index is 968. The predicted octanol–water partition coefficient (Wildman–Crippen LogP) is 4.54. The molecule has 1 aromatic heterocycles. The van der Waals surface area contributed by atoms with Crippen molar-refractivity contribution < 1.29 is 9.53 Å². The number of hydrogen-bond acceptors (Lipinski definition) is 5. The van der Waals surface area contributed by atoms with E-state index in [1.54, 1.807) is 18.9 Å². The summed E-state index contributed by atoms with van der Waals surface area (Å²) in [4.78, 5) is 12.2. The molecule has 0 fully saturated rings. The van der Waals surface area contributed by atoms with Crippen molar-refractivity contribution in [3.8, 4) is 5.69 Å². The Kier molecular flexibility index (Phi) is 7.65. The summed E-state index contributed by atoms with van der Waals surface area (Å²) in [6.45, 7) is 6.51. The van der Waals surface area contributed by atoms with Gasteiger partial charge >= 0.3 is 0 Å². The molecule has 1 atom stereocenters. The highest BCUT2D eigenvalue weighted by Gasteiger charge is 2.15. The molecule has 1 amide bonds. The molecule has 1 unspecified atom stereocenters. The fraction of sp³-hybridized carbons (Fsp3) is 0.348. The summed E-state index contributed by atoms with van der Waals surface area (Å²) in [6, 6.07) is 16.2. The Morgan fingerprint density at radius 1 is 1.13 bits per heavy atom. The number of amides is 1. The number of carbonyl (C=O) groups excluding carboxylic acids is 1. The van der Waals surface area contributed by atoms with Gasteiger partial charge in [0.05, 0.1) is 0 Å². The van der Waals surface area contributed by atoms with E-state index in [1.165, 1.54) is 5.56 Å². The van der Waals surface area contributed by atoms with Crippen LogP contribution in [0.15, 0.2) is 53.7 Å². The quantitative estimate of drug-likeness (QED) is 0.511. The molecular weight excluding hydrogens is 396 g/mol. The second-order valence-electron chi connectivity index (χ2n) is 7.27. The first kappa shape index (κ1) is 22.1. The topological polar surface area (TPSA) is 69.0 Å². The van der Waals surface area contributed by atoms with Crippen LogP contribution in [0, 0.1) is 6.92 Å². The van der Waals surface area contributed by atoms with Gasteiger partial charge in [0.1, 0.15) is 6.61 Å². The van der Waals surface area contributed by atoms with Crippen molar-refractivity contribution in [3.63, 3.8) is 0 Å². The summed E-state index contributed by atoms with van der Waals surface area (Å²) < 4.78 is 7.32. The minimum absolute atomic E-state index is 0.0353. The number of thioether (sulfide) groups is 1. The van der Waals surface area contributed by atoms with Crippen LogP contribution in [0.2, 0.25) is 0 Å². The van der Waals surface area contributed by atoms with Crippen LogP contribution in [0.5, 0.6) is 0 Å². The van der Waals surface area contributed by atoms with Gasteiger partial charge in [0.2, 0.25) is 0 Å². The minimum atomic E-state index is -0.0353. The van der Waals surface area contributed by atoms with Gasteiger partial charge in [-0.15, -0.1) is 10.2 Å². The van der Waals surface area contributed by atoms with Crippen LogP contribution in [-0.4, -0.2) is 33.8 Å². The summed E-state index contributed by atoms with van der Waals surface area (Å²) in [5, 5.41) is 12.5. The maximum atomic E-state index is 12.2. The van der Waals surface area contributed by atoms with E-state index in [2.05, 4.69) is 53.6 Å². The predicted molar refractivity (Wildman–Crippen MR) is 120 cm³/mol. The average molecular weight is 425 g/mol. The van der Waals surface area contributed by atoms with E-state index in [1.807, 2.05) is 35.8 Å². The minimum Gasteiger partial charge on any atom is -0.377 e. The van der Waals surface area contributed by atoms with Crippen molar-refractivity contribution in [2.24, 2.45) is 0 Å². The van der Waals surface area contributed by atoms with Crippen molar-refractivity contribution in [2.45, 2.75) is 50.8 Å². The van der Waals surface area contributed by atoms with Crippen LogP contribution in [0.3, 0.4) is 0 Å². The Morgan fingerprint density at radius 3 is 2.47 bits per heavy atom. The fourth-order valence-electron chi connectivity index (χ4n) is 2.88. The Balaban J connectivity index is 1.73. The summed E-state index contributed by atoms with van der Waals surface area (Å²) in [6.07, 6.45) is 0.910. The van der Waals surface area contributed by atoms with E-state index in [0.29, 0.717) is 12.2 Å². The van der Waals surface area contributed by atoms with Gasteiger partial charge in [-0.25, -0.2) is 0 Å². The van der Waals surface area contributed by atoms with E-state index in [9.17, 15) is 4.79 Å². The lowest BCUT2D eigenvalue weighted by molar-refractivity contribution is 0.0939. The summed E-state index contributed by atoms with van der Waals surface area (Å²) >= 11 is 1.61. The molecule has 3 aromatic rings. The van der Waals surface area contributed by atoms with E-state index in [-0.39, 0.29) is 11.9 Å². The molecule has 0 bridgehead atoms. The van der Waals surface area contributed by atoms with Crippen LogP contribution < -0.4 is 5.32 Å². The molecule has 0 spiro atoms. The van der Waals surface area contributed by atoms with E-state index < -0.39 is 0 Å². The average Bonchev–Trinajstić information content (AvgIpc) is 3.16. The molecule has 0 saturated heterocycles. The van der Waals surface area contributed by atoms with Crippen LogP contribution in [-0.2, 0) is 17.1 Å². The number of rotatable bonds is 9. The van der Waals surface area contributed by atoms with Crippen LogP contribution in [0.25, 0.3) is 5.69 Å². The van der Waals surface area contributed by atoms with Crippen molar-refractivity contribution in [2.75, 3.05) is 7.11 Å². The molecule has 1 N–H and O–H groups in total. The number of aromatic nitrogens is 3. The summed E-state index contributed by atoms with van der Waals surface area (Å²) in [7, 11) is 1.65. The number of carbonyl (C=O) groups is 1. The number of benzene rings is 2. The van der Waals surface area contributed by atoms with Crippen LogP contribution in [0.4, 0.5) is 0 Å². The van der Waals surface area contributed by atoms with Gasteiger partial charge in [-0.2, -0.15) is 0 Å². The molecule has 7 heteroatoms. The number of nitrogens with one attached hydrogen (secondary N) is 1. The molecule has 158 valence electrons. The van der Waals surface area contributed by atoms with E-state index in [0.717, 1.165) is 34.4 Å². The maximum absolute atomic E-state index is 12.2. The zero-order valence-corrected chi connectivity index (χ0v) is 18.7. The normalized spacial score (nSPS) is 12.0. The Hall–Kier alpha value is -2.64. The Labute approximate surface area is 182 Å². The van der Waals surface area contributed by atoms with E-state index in [4.69, 9.17) is 4.74 Å². The molecule has 0 radical (unpaired) electrons. The van der Waals surface area contributed by atoms with Gasteiger partial charge in [-0.05, 0) is 50.1 Å². The highest BCUT2D eigenvalue weighted by Crippen LogP contribution is 2.26. The number of nitrogens with zero attached hydrogens (tertiary/aromatic N) is 3.